The molecule has 0 atom stereocenters. The molecule has 1 saturated carbocycles. The summed E-state index contributed by atoms with van der Waals surface area (Å²) in [4.78, 5) is 14.0. The van der Waals surface area contributed by atoms with Gasteiger partial charge in [0.15, 0.2) is 11.5 Å². The quantitative estimate of drug-likeness (QED) is 0.670. The standard InChI is InChI=1S/C22H26N4O2/c1-27-19-11-17-18(12-20(19)28-2)25-21(16-8-4-3-5-9-16)26-22(17)24-14-15-7-6-10-23-13-15/h6-7,10-13,16H,3-5,8-9,14H2,1-2H3,(H,24,25,26). The lowest BCUT2D eigenvalue weighted by molar-refractivity contribution is 0.355. The number of aromatic nitrogens is 3. The first-order chi connectivity index (χ1) is 13.8. The van der Waals surface area contributed by atoms with Crippen molar-refractivity contribution in [3.8, 4) is 11.5 Å². The smallest absolute Gasteiger partial charge is 0.162 e. The lowest BCUT2D eigenvalue weighted by Crippen LogP contribution is -2.12. The molecule has 2 heterocycles. The predicted octanol–water partition coefficient (Wildman–Crippen LogP) is 4.70. The van der Waals surface area contributed by atoms with Crippen molar-refractivity contribution >= 4 is 16.7 Å². The molecule has 1 N–H and O–H groups in total. The largest absolute Gasteiger partial charge is 0.493 e. The number of anilines is 1. The normalized spacial score (nSPS) is 14.8. The van der Waals surface area contributed by atoms with Gasteiger partial charge in [0.1, 0.15) is 11.6 Å². The van der Waals surface area contributed by atoms with Crippen LogP contribution in [0.3, 0.4) is 0 Å². The molecule has 6 nitrogen and oxygen atoms in total. The van der Waals surface area contributed by atoms with E-state index in [0.29, 0.717) is 24.0 Å². The monoisotopic (exact) mass is 378 g/mol. The Morgan fingerprint density at radius 1 is 1.04 bits per heavy atom. The second-order valence-corrected chi connectivity index (χ2v) is 7.20. The summed E-state index contributed by atoms with van der Waals surface area (Å²) in [7, 11) is 3.29. The van der Waals surface area contributed by atoms with Gasteiger partial charge >= 0.3 is 0 Å². The van der Waals surface area contributed by atoms with E-state index in [4.69, 9.17) is 19.4 Å². The summed E-state index contributed by atoms with van der Waals surface area (Å²) in [5, 5.41) is 4.42. The number of fused-ring (bicyclic) bond motifs is 1. The number of hydrogen-bond acceptors (Lipinski definition) is 6. The Bertz CT molecular complexity index is 940. The molecule has 0 spiro atoms. The van der Waals surface area contributed by atoms with Crippen LogP contribution in [-0.2, 0) is 6.54 Å². The Balaban J connectivity index is 1.76. The summed E-state index contributed by atoms with van der Waals surface area (Å²) >= 11 is 0. The first kappa shape index (κ1) is 18.5. The van der Waals surface area contributed by atoms with E-state index in [2.05, 4.69) is 16.4 Å². The molecule has 1 aliphatic carbocycles. The highest BCUT2D eigenvalue weighted by Gasteiger charge is 2.21. The van der Waals surface area contributed by atoms with Crippen molar-refractivity contribution < 1.29 is 9.47 Å². The number of methoxy groups -OCH3 is 2. The van der Waals surface area contributed by atoms with E-state index >= 15 is 0 Å². The molecule has 0 bridgehead atoms. The molecule has 146 valence electrons. The van der Waals surface area contributed by atoms with Crippen molar-refractivity contribution in [2.45, 2.75) is 44.6 Å². The molecule has 0 unspecified atom stereocenters. The zero-order chi connectivity index (χ0) is 19.3. The Labute approximate surface area is 165 Å². The van der Waals surface area contributed by atoms with Crippen molar-refractivity contribution in [1.82, 2.24) is 15.0 Å². The lowest BCUT2D eigenvalue weighted by atomic mass is 9.88. The molecule has 3 aromatic rings. The number of nitrogens with one attached hydrogen (secondary N) is 1. The summed E-state index contributed by atoms with van der Waals surface area (Å²) in [6.07, 6.45) is 9.75. The zero-order valence-corrected chi connectivity index (χ0v) is 16.4. The van der Waals surface area contributed by atoms with Gasteiger partial charge in [-0.1, -0.05) is 25.3 Å². The van der Waals surface area contributed by atoms with Crippen LogP contribution in [0.4, 0.5) is 5.82 Å². The summed E-state index contributed by atoms with van der Waals surface area (Å²) in [6.45, 7) is 0.651. The van der Waals surface area contributed by atoms with Crippen molar-refractivity contribution in [3.63, 3.8) is 0 Å². The molecular weight excluding hydrogens is 352 g/mol. The maximum Gasteiger partial charge on any atom is 0.162 e. The summed E-state index contributed by atoms with van der Waals surface area (Å²) in [5.41, 5.74) is 1.98. The van der Waals surface area contributed by atoms with Crippen LogP contribution in [0.25, 0.3) is 10.9 Å². The van der Waals surface area contributed by atoms with Crippen molar-refractivity contribution in [1.29, 1.82) is 0 Å². The van der Waals surface area contributed by atoms with E-state index in [-0.39, 0.29) is 0 Å². The van der Waals surface area contributed by atoms with Gasteiger partial charge in [0.05, 0.1) is 19.7 Å². The third kappa shape index (κ3) is 3.86. The van der Waals surface area contributed by atoms with Crippen LogP contribution in [0.2, 0.25) is 0 Å². The minimum atomic E-state index is 0.421. The number of benzene rings is 1. The number of ether oxygens (including phenoxy) is 2. The topological polar surface area (TPSA) is 69.2 Å². The van der Waals surface area contributed by atoms with Crippen molar-refractivity contribution in [2.24, 2.45) is 0 Å². The van der Waals surface area contributed by atoms with Gasteiger partial charge in [0.2, 0.25) is 0 Å². The van der Waals surface area contributed by atoms with Gasteiger partial charge in [-0.3, -0.25) is 4.98 Å². The molecule has 0 radical (unpaired) electrons. The van der Waals surface area contributed by atoms with Gasteiger partial charge in [-0.05, 0) is 30.5 Å². The molecule has 0 aliphatic heterocycles. The van der Waals surface area contributed by atoms with Gasteiger partial charge in [0, 0.05) is 36.3 Å². The second kappa shape index (κ2) is 8.42. The fourth-order valence-electron chi connectivity index (χ4n) is 3.84. The average Bonchev–Trinajstić information content (AvgIpc) is 2.77. The molecular formula is C22H26N4O2. The van der Waals surface area contributed by atoms with Crippen LogP contribution in [0, 0.1) is 0 Å². The first-order valence-corrected chi connectivity index (χ1v) is 9.85. The van der Waals surface area contributed by atoms with Gasteiger partial charge in [-0.2, -0.15) is 0 Å². The Hall–Kier alpha value is -2.89. The fourth-order valence-corrected chi connectivity index (χ4v) is 3.84. The number of rotatable bonds is 6. The average molecular weight is 378 g/mol. The highest BCUT2D eigenvalue weighted by atomic mass is 16.5. The molecule has 1 fully saturated rings. The van der Waals surface area contributed by atoms with E-state index in [1.165, 1.54) is 19.3 Å². The maximum atomic E-state index is 5.49. The first-order valence-electron chi connectivity index (χ1n) is 9.85. The van der Waals surface area contributed by atoms with E-state index in [9.17, 15) is 0 Å². The Kier molecular flexibility index (Phi) is 5.55. The fraction of sp³-hybridized carbons (Fsp3) is 0.409. The molecule has 1 aromatic carbocycles. The maximum absolute atomic E-state index is 5.49. The minimum Gasteiger partial charge on any atom is -0.493 e. The SMILES string of the molecule is COc1cc2nc(C3CCCCC3)nc(NCc3cccnc3)c2cc1OC. The predicted molar refractivity (Wildman–Crippen MR) is 110 cm³/mol. The number of nitrogens with zero attached hydrogens (tertiary/aromatic N) is 3. The molecule has 2 aromatic heterocycles. The van der Waals surface area contributed by atoms with Crippen molar-refractivity contribution in [2.75, 3.05) is 19.5 Å². The summed E-state index contributed by atoms with van der Waals surface area (Å²) < 4.78 is 11.0. The number of pyridine rings is 1. The highest BCUT2D eigenvalue weighted by molar-refractivity contribution is 5.91. The second-order valence-electron chi connectivity index (χ2n) is 7.20. The van der Waals surface area contributed by atoms with E-state index in [1.807, 2.05) is 24.4 Å². The number of hydrogen-bond donors (Lipinski definition) is 1. The Morgan fingerprint density at radius 3 is 2.54 bits per heavy atom. The molecule has 0 saturated heterocycles. The van der Waals surface area contributed by atoms with E-state index in [1.54, 1.807) is 20.4 Å². The van der Waals surface area contributed by atoms with Crippen LogP contribution in [0.5, 0.6) is 11.5 Å². The molecule has 4 rings (SSSR count). The molecule has 6 heteroatoms. The molecule has 1 aliphatic rings. The minimum absolute atomic E-state index is 0.421. The summed E-state index contributed by atoms with van der Waals surface area (Å²) in [6, 6.07) is 7.88. The van der Waals surface area contributed by atoms with Crippen LogP contribution < -0.4 is 14.8 Å². The van der Waals surface area contributed by atoms with Crippen LogP contribution in [0.15, 0.2) is 36.7 Å². The van der Waals surface area contributed by atoms with E-state index < -0.39 is 0 Å². The Morgan fingerprint density at radius 2 is 1.82 bits per heavy atom. The third-order valence-electron chi connectivity index (χ3n) is 5.37. The van der Waals surface area contributed by atoms with Crippen LogP contribution in [-0.4, -0.2) is 29.2 Å². The summed E-state index contributed by atoms with van der Waals surface area (Å²) in [5.74, 6) is 3.53. The lowest BCUT2D eigenvalue weighted by Gasteiger charge is -2.22. The highest BCUT2D eigenvalue weighted by Crippen LogP contribution is 2.37. The van der Waals surface area contributed by atoms with Gasteiger partial charge < -0.3 is 14.8 Å². The van der Waals surface area contributed by atoms with Gasteiger partial charge in [0.25, 0.3) is 0 Å². The van der Waals surface area contributed by atoms with Gasteiger partial charge in [-0.25, -0.2) is 9.97 Å². The van der Waals surface area contributed by atoms with E-state index in [0.717, 1.165) is 41.0 Å². The van der Waals surface area contributed by atoms with Crippen LogP contribution >= 0.6 is 0 Å². The third-order valence-corrected chi connectivity index (χ3v) is 5.37. The zero-order valence-electron chi connectivity index (χ0n) is 16.4. The van der Waals surface area contributed by atoms with Crippen LogP contribution in [0.1, 0.15) is 49.4 Å². The van der Waals surface area contributed by atoms with Crippen molar-refractivity contribution in [3.05, 3.63) is 48.0 Å². The van der Waals surface area contributed by atoms with Gasteiger partial charge in [-0.15, -0.1) is 0 Å². The molecule has 0 amide bonds. The molecule has 28 heavy (non-hydrogen) atoms.